The summed E-state index contributed by atoms with van der Waals surface area (Å²) < 4.78 is 13.8. The molecule has 4 atom stereocenters. The average molecular weight is 310 g/mol. The van der Waals surface area contributed by atoms with E-state index in [0.717, 1.165) is 21.6 Å². The molecule has 1 aliphatic rings. The van der Waals surface area contributed by atoms with Crippen molar-refractivity contribution in [3.05, 3.63) is 11.4 Å². The van der Waals surface area contributed by atoms with Crippen molar-refractivity contribution in [1.82, 2.24) is 0 Å². The predicted octanol–water partition coefficient (Wildman–Crippen LogP) is 1.22. The van der Waals surface area contributed by atoms with E-state index in [1.54, 1.807) is 0 Å². The highest BCUT2D eigenvalue weighted by Gasteiger charge is 2.23. The van der Waals surface area contributed by atoms with Crippen molar-refractivity contribution in [1.29, 1.82) is 0 Å². The first-order valence-electron chi connectivity index (χ1n) is 5.04. The van der Waals surface area contributed by atoms with Crippen LogP contribution >= 0.6 is 48.7 Å². The van der Waals surface area contributed by atoms with Gasteiger partial charge in [-0.2, -0.15) is 11.8 Å². The summed E-state index contributed by atoms with van der Waals surface area (Å²) in [6.07, 6.45) is 2.68. The summed E-state index contributed by atoms with van der Waals surface area (Å²) in [6, 6.07) is 0. The molecule has 1 fully saturated rings. The van der Waals surface area contributed by atoms with Crippen LogP contribution in [-0.4, -0.2) is 5.25 Å². The van der Waals surface area contributed by atoms with Crippen molar-refractivity contribution in [2.24, 2.45) is 0 Å². The molecule has 0 aromatic heterocycles. The van der Waals surface area contributed by atoms with Crippen molar-refractivity contribution in [3.63, 3.8) is 0 Å². The quantitative estimate of drug-likeness (QED) is 0.757. The van der Waals surface area contributed by atoms with Crippen LogP contribution in [0.2, 0.25) is 0 Å². The molecule has 0 N–H and O–H groups in total. The highest BCUT2D eigenvalue weighted by atomic mass is 32.2. The van der Waals surface area contributed by atoms with Gasteiger partial charge in [-0.3, -0.25) is 0 Å². The zero-order valence-corrected chi connectivity index (χ0v) is 14.2. The summed E-state index contributed by atoms with van der Waals surface area (Å²) in [5, 5.41) is 4.17. The molecule has 0 nitrogen and oxygen atoms in total. The van der Waals surface area contributed by atoms with Gasteiger partial charge in [-0.15, -0.1) is 37.0 Å². The zero-order valence-electron chi connectivity index (χ0n) is 8.79. The topological polar surface area (TPSA) is 0 Å². The van der Waals surface area contributed by atoms with Gasteiger partial charge in [0.15, 0.2) is 0 Å². The minimum absolute atomic E-state index is 0.134. The van der Waals surface area contributed by atoms with Gasteiger partial charge in [0.05, 0.1) is 0 Å². The summed E-state index contributed by atoms with van der Waals surface area (Å²) in [5.74, 6) is 0.843. The van der Waals surface area contributed by atoms with Crippen molar-refractivity contribution in [2.45, 2.75) is 23.8 Å². The lowest BCUT2D eigenvalue weighted by molar-refractivity contribution is 0.646. The highest BCUT2D eigenvalue weighted by molar-refractivity contribution is 7.99. The summed E-state index contributed by atoms with van der Waals surface area (Å²) in [6.45, 7) is 0. The van der Waals surface area contributed by atoms with Crippen LogP contribution in [0.3, 0.4) is 0 Å². The Kier molecular flexibility index (Phi) is 4.66. The van der Waals surface area contributed by atoms with E-state index in [-0.39, 0.29) is 5.82 Å². The van der Waals surface area contributed by atoms with Crippen molar-refractivity contribution >= 4 is 69.9 Å². The van der Waals surface area contributed by atoms with Crippen LogP contribution in [0.5, 0.6) is 0 Å². The van der Waals surface area contributed by atoms with Gasteiger partial charge >= 0.3 is 0 Å². The van der Waals surface area contributed by atoms with Crippen LogP contribution in [0.1, 0.15) is 18.4 Å². The van der Waals surface area contributed by atoms with E-state index < -0.39 is 0 Å². The van der Waals surface area contributed by atoms with Crippen LogP contribution in [-0.2, 0) is 5.75 Å². The third-order valence-corrected chi connectivity index (χ3v) is 7.20. The Hall–Kier alpha value is 1.22. The number of benzene rings is 1. The van der Waals surface area contributed by atoms with Gasteiger partial charge < -0.3 is 0 Å². The lowest BCUT2D eigenvalue weighted by Gasteiger charge is -2.15. The van der Waals surface area contributed by atoms with E-state index in [9.17, 15) is 4.39 Å². The second-order valence-electron chi connectivity index (χ2n) is 3.96. The SMILES string of the molecule is Fc1c(P)c(P)c(CSC2CC2)c(P)c1P. The van der Waals surface area contributed by atoms with E-state index in [0.29, 0.717) is 10.6 Å². The molecule has 1 aromatic carbocycles. The van der Waals surface area contributed by atoms with E-state index in [4.69, 9.17) is 0 Å². The van der Waals surface area contributed by atoms with Gasteiger partial charge in [-0.25, -0.2) is 4.39 Å². The molecule has 16 heavy (non-hydrogen) atoms. The molecule has 0 bridgehead atoms. The fraction of sp³-hybridized carbons (Fsp3) is 0.400. The molecule has 0 heterocycles. The first-order chi connectivity index (χ1) is 7.52. The highest BCUT2D eigenvalue weighted by Crippen LogP contribution is 2.35. The minimum atomic E-state index is -0.134. The molecule has 88 valence electrons. The number of halogens is 1. The summed E-state index contributed by atoms with van der Waals surface area (Å²) in [5.41, 5.74) is 1.24. The van der Waals surface area contributed by atoms with E-state index in [1.807, 2.05) is 11.8 Å². The lowest BCUT2D eigenvalue weighted by atomic mass is 10.2. The number of hydrogen-bond acceptors (Lipinski definition) is 1. The lowest BCUT2D eigenvalue weighted by Crippen LogP contribution is -2.35. The van der Waals surface area contributed by atoms with E-state index in [2.05, 4.69) is 37.0 Å². The van der Waals surface area contributed by atoms with Gasteiger partial charge in [0, 0.05) is 21.6 Å². The second kappa shape index (κ2) is 5.47. The van der Waals surface area contributed by atoms with E-state index >= 15 is 0 Å². The van der Waals surface area contributed by atoms with Gasteiger partial charge in [0.1, 0.15) is 5.82 Å². The normalized spacial score (nSPS) is 15.6. The fourth-order valence-electron chi connectivity index (χ4n) is 1.44. The molecule has 4 unspecified atom stereocenters. The van der Waals surface area contributed by atoms with Crippen LogP contribution in [0.25, 0.3) is 0 Å². The summed E-state index contributed by atoms with van der Waals surface area (Å²) >= 11 is 1.98. The molecule has 0 aliphatic heterocycles. The van der Waals surface area contributed by atoms with Gasteiger partial charge in [-0.1, -0.05) is 0 Å². The summed E-state index contributed by atoms with van der Waals surface area (Å²) in [7, 11) is 10.3. The van der Waals surface area contributed by atoms with E-state index in [1.165, 1.54) is 18.4 Å². The zero-order chi connectivity index (χ0) is 11.9. The third-order valence-electron chi connectivity index (χ3n) is 2.69. The third kappa shape index (κ3) is 2.79. The van der Waals surface area contributed by atoms with Gasteiger partial charge in [0.25, 0.3) is 0 Å². The maximum atomic E-state index is 13.8. The average Bonchev–Trinajstić information content (AvgIpc) is 3.07. The molecule has 1 saturated carbocycles. The Morgan fingerprint density at radius 2 is 1.50 bits per heavy atom. The molecule has 0 radical (unpaired) electrons. The molecule has 0 amide bonds. The van der Waals surface area contributed by atoms with Gasteiger partial charge in [0.2, 0.25) is 0 Å². The Labute approximate surface area is 109 Å². The molecule has 2 rings (SSSR count). The largest absolute Gasteiger partial charge is 0.206 e. The van der Waals surface area contributed by atoms with Crippen molar-refractivity contribution < 1.29 is 4.39 Å². The maximum absolute atomic E-state index is 13.8. The predicted molar refractivity (Wildman–Crippen MR) is 88.1 cm³/mol. The molecular weight excluding hydrogens is 295 g/mol. The Morgan fingerprint density at radius 1 is 1.00 bits per heavy atom. The number of rotatable bonds is 3. The Bertz CT molecular complexity index is 402. The monoisotopic (exact) mass is 310 g/mol. The van der Waals surface area contributed by atoms with Crippen LogP contribution in [0.4, 0.5) is 4.39 Å². The smallest absolute Gasteiger partial charge is 0.138 e. The number of hydrogen-bond donors (Lipinski definition) is 0. The fourth-order valence-corrected chi connectivity index (χ4v) is 4.68. The molecule has 1 aromatic rings. The van der Waals surface area contributed by atoms with Crippen LogP contribution < -0.4 is 21.2 Å². The van der Waals surface area contributed by atoms with Crippen molar-refractivity contribution in [2.75, 3.05) is 0 Å². The second-order valence-corrected chi connectivity index (χ2v) is 7.56. The standard InChI is InChI=1S/C10H15FP4S/c11-6-9(14)7(12)5(8(13)10(6)15)3-16-4-1-2-4/h4H,1-3,12-15H2. The summed E-state index contributed by atoms with van der Waals surface area (Å²) in [4.78, 5) is 0. The Morgan fingerprint density at radius 3 is 1.94 bits per heavy atom. The Balaban J connectivity index is 2.34. The molecule has 1 aliphatic carbocycles. The first kappa shape index (κ1) is 13.6. The molecule has 6 heteroatoms. The van der Waals surface area contributed by atoms with Crippen LogP contribution in [0, 0.1) is 5.82 Å². The molecule has 0 spiro atoms. The minimum Gasteiger partial charge on any atom is -0.206 e. The van der Waals surface area contributed by atoms with Crippen LogP contribution in [0.15, 0.2) is 0 Å². The first-order valence-corrected chi connectivity index (χ1v) is 8.40. The number of thioether (sulfide) groups is 1. The maximum Gasteiger partial charge on any atom is 0.138 e. The van der Waals surface area contributed by atoms with Gasteiger partial charge in [-0.05, 0) is 29.0 Å². The molecular formula is C10H15FP4S. The molecule has 0 saturated heterocycles. The van der Waals surface area contributed by atoms with Crippen molar-refractivity contribution in [3.8, 4) is 0 Å².